The molecule has 2 aromatic rings. The molecule has 4 saturated carbocycles. The van der Waals surface area contributed by atoms with Crippen LogP contribution < -0.4 is 4.72 Å². The molecule has 9 heteroatoms. The summed E-state index contributed by atoms with van der Waals surface area (Å²) in [5.41, 5.74) is 2.91. The van der Waals surface area contributed by atoms with Gasteiger partial charge in [-0.3, -0.25) is 4.18 Å². The van der Waals surface area contributed by atoms with Crippen molar-refractivity contribution in [2.75, 3.05) is 13.2 Å². The van der Waals surface area contributed by atoms with E-state index in [-0.39, 0.29) is 16.7 Å². The Kier molecular flexibility index (Phi) is 5.74. The Morgan fingerprint density at radius 1 is 0.973 bits per heavy atom. The molecule has 1 aliphatic heterocycles. The first-order valence-electron chi connectivity index (χ1n) is 13.3. The highest BCUT2D eigenvalue weighted by Crippen LogP contribution is 2.64. The molecule has 0 aromatic heterocycles. The highest BCUT2D eigenvalue weighted by molar-refractivity contribution is 7.89. The second-order valence-electron chi connectivity index (χ2n) is 11.6. The van der Waals surface area contributed by atoms with Crippen LogP contribution in [0.25, 0.3) is 0 Å². The van der Waals surface area contributed by atoms with Crippen LogP contribution in [0.3, 0.4) is 0 Å². The lowest BCUT2D eigenvalue weighted by Crippen LogP contribution is -2.65. The molecular weight excluding hydrogens is 510 g/mol. The van der Waals surface area contributed by atoms with Crippen LogP contribution in [0.1, 0.15) is 54.8 Å². The molecule has 3 unspecified atom stereocenters. The summed E-state index contributed by atoms with van der Waals surface area (Å²) in [5.74, 6) is 0.497. The number of nitrogens with one attached hydrogen (secondary N) is 1. The molecule has 5 atom stereocenters. The summed E-state index contributed by atoms with van der Waals surface area (Å²) < 4.78 is 62.0. The molecule has 6 aliphatic rings. The van der Waals surface area contributed by atoms with E-state index in [1.54, 1.807) is 24.3 Å². The third kappa shape index (κ3) is 3.88. The first-order valence-corrected chi connectivity index (χ1v) is 15.9. The summed E-state index contributed by atoms with van der Waals surface area (Å²) in [4.78, 5) is 0.213. The molecular formula is C28H33NO6S2. The maximum Gasteiger partial charge on any atom is 0.241 e. The van der Waals surface area contributed by atoms with E-state index < -0.39 is 43.8 Å². The molecule has 1 heterocycles. The highest BCUT2D eigenvalue weighted by Gasteiger charge is 2.67. The Morgan fingerprint density at radius 2 is 1.65 bits per heavy atom. The number of fused-ring (bicyclic) bond motifs is 1. The lowest BCUT2D eigenvalue weighted by Gasteiger charge is -2.61. The van der Waals surface area contributed by atoms with Crippen LogP contribution in [0.2, 0.25) is 0 Å². The Balaban J connectivity index is 1.15. The fraction of sp³-hybridized carbons (Fsp3) is 0.571. The number of hydrogen-bond donors (Lipinski definition) is 1. The van der Waals surface area contributed by atoms with E-state index in [1.807, 2.05) is 31.2 Å². The van der Waals surface area contributed by atoms with Gasteiger partial charge in [-0.2, -0.15) is 0 Å². The zero-order valence-electron chi connectivity index (χ0n) is 20.9. The van der Waals surface area contributed by atoms with Gasteiger partial charge in [0.05, 0.1) is 35.0 Å². The third-order valence-corrected chi connectivity index (χ3v) is 12.5. The predicted molar refractivity (Wildman–Crippen MR) is 138 cm³/mol. The van der Waals surface area contributed by atoms with E-state index in [4.69, 9.17) is 13.7 Å². The molecule has 37 heavy (non-hydrogen) atoms. The van der Waals surface area contributed by atoms with E-state index in [0.29, 0.717) is 25.6 Å². The van der Waals surface area contributed by atoms with E-state index in [0.717, 1.165) is 48.8 Å². The third-order valence-electron chi connectivity index (χ3n) is 9.37. The minimum Gasteiger partial charge on any atom is -0.347 e. The van der Waals surface area contributed by atoms with Crippen LogP contribution in [0.4, 0.5) is 0 Å². The SMILES string of the molecule is Cc1ccc(S(=O)(=O)N[C@@H]2c3ccccc3C[C@@H]2OS(=O)C23CC4CC(C2)C2(OCCO2)C(C4)C3)cc1. The molecule has 7 nitrogen and oxygen atoms in total. The van der Waals surface area contributed by atoms with Gasteiger partial charge >= 0.3 is 0 Å². The molecule has 5 aliphatic carbocycles. The van der Waals surface area contributed by atoms with Crippen LogP contribution in [-0.2, 0) is 41.2 Å². The lowest BCUT2D eigenvalue weighted by atomic mass is 9.53. The van der Waals surface area contributed by atoms with Crippen LogP contribution in [-0.4, -0.2) is 42.5 Å². The average molecular weight is 544 g/mol. The fourth-order valence-electron chi connectivity index (χ4n) is 7.93. The van der Waals surface area contributed by atoms with E-state index in [1.165, 1.54) is 0 Å². The van der Waals surface area contributed by atoms with Crippen molar-refractivity contribution in [1.82, 2.24) is 4.72 Å². The van der Waals surface area contributed by atoms with Crippen LogP contribution in [0.15, 0.2) is 53.4 Å². The van der Waals surface area contributed by atoms with Crippen molar-refractivity contribution in [2.45, 2.75) is 73.0 Å². The van der Waals surface area contributed by atoms with Crippen LogP contribution in [0.5, 0.6) is 0 Å². The minimum absolute atomic E-state index is 0.213. The topological polar surface area (TPSA) is 90.9 Å². The van der Waals surface area contributed by atoms with E-state index in [9.17, 15) is 12.6 Å². The van der Waals surface area contributed by atoms with Crippen molar-refractivity contribution < 1.29 is 26.3 Å². The van der Waals surface area contributed by atoms with Crippen molar-refractivity contribution in [3.8, 4) is 0 Å². The van der Waals surface area contributed by atoms with Crippen molar-refractivity contribution in [2.24, 2.45) is 17.8 Å². The number of aryl methyl sites for hydroxylation is 1. The molecule has 198 valence electrons. The zero-order chi connectivity index (χ0) is 25.4. The molecule has 5 fully saturated rings. The van der Waals surface area contributed by atoms with Crippen molar-refractivity contribution in [3.63, 3.8) is 0 Å². The monoisotopic (exact) mass is 543 g/mol. The second-order valence-corrected chi connectivity index (χ2v) is 14.9. The summed E-state index contributed by atoms with van der Waals surface area (Å²) in [6, 6.07) is 14.0. The Labute approximate surface area is 221 Å². The molecule has 8 rings (SSSR count). The Morgan fingerprint density at radius 3 is 2.35 bits per heavy atom. The van der Waals surface area contributed by atoms with Crippen molar-refractivity contribution in [1.29, 1.82) is 0 Å². The molecule has 4 bridgehead atoms. The maximum atomic E-state index is 14.1. The quantitative estimate of drug-likeness (QED) is 0.594. The standard InChI is InChI=1S/C28H33NO6S2/c1-18-6-8-23(9-7-18)37(31,32)29-26-24-5-3-2-4-20(24)14-25(26)35-36(30)27-15-19-12-21(16-27)28(22(13-19)17-27)33-10-11-34-28/h2-9,19,21-22,25-26,29H,10-17H2,1H3/t19?,21?,22?,25-,26+,27?,36?/m0/s1. The van der Waals surface area contributed by atoms with Crippen LogP contribution in [0, 0.1) is 24.7 Å². The normalized spacial score (nSPS) is 36.2. The zero-order valence-corrected chi connectivity index (χ0v) is 22.6. The van der Waals surface area contributed by atoms with Crippen molar-refractivity contribution >= 4 is 21.1 Å². The van der Waals surface area contributed by atoms with Crippen LogP contribution >= 0.6 is 0 Å². The Bertz CT molecular complexity index is 1320. The summed E-state index contributed by atoms with van der Waals surface area (Å²) in [5, 5.41) is 0. The first-order chi connectivity index (χ1) is 17.8. The van der Waals surface area contributed by atoms with Gasteiger partial charge in [0.15, 0.2) is 16.9 Å². The number of benzene rings is 2. The molecule has 2 aromatic carbocycles. The van der Waals surface area contributed by atoms with E-state index >= 15 is 0 Å². The summed E-state index contributed by atoms with van der Waals surface area (Å²) >= 11 is -1.56. The largest absolute Gasteiger partial charge is 0.347 e. The van der Waals surface area contributed by atoms with Gasteiger partial charge < -0.3 is 9.47 Å². The molecule has 1 spiro atoms. The maximum absolute atomic E-state index is 14.1. The first kappa shape index (κ1) is 24.4. The summed E-state index contributed by atoms with van der Waals surface area (Å²) in [6.07, 6.45) is 4.53. The minimum atomic E-state index is -3.79. The highest BCUT2D eigenvalue weighted by atomic mass is 32.2. The van der Waals surface area contributed by atoms with Gasteiger partial charge in [0, 0.05) is 18.3 Å². The molecule has 1 saturated heterocycles. The van der Waals surface area contributed by atoms with E-state index in [2.05, 4.69) is 4.72 Å². The van der Waals surface area contributed by atoms with Gasteiger partial charge in [-0.15, -0.1) is 0 Å². The number of hydrogen-bond acceptors (Lipinski definition) is 6. The van der Waals surface area contributed by atoms with Gasteiger partial charge in [0.1, 0.15) is 0 Å². The number of rotatable bonds is 6. The molecule has 1 N–H and O–H groups in total. The lowest BCUT2D eigenvalue weighted by molar-refractivity contribution is -0.284. The van der Waals surface area contributed by atoms with Gasteiger partial charge in [0.2, 0.25) is 10.0 Å². The number of ether oxygens (including phenoxy) is 2. The molecule has 0 radical (unpaired) electrons. The smallest absolute Gasteiger partial charge is 0.241 e. The van der Waals surface area contributed by atoms with Gasteiger partial charge in [-0.25, -0.2) is 17.3 Å². The Hall–Kier alpha value is -1.62. The van der Waals surface area contributed by atoms with Crippen molar-refractivity contribution in [3.05, 3.63) is 65.2 Å². The fourth-order valence-corrected chi connectivity index (χ4v) is 10.8. The average Bonchev–Trinajstić information content (AvgIpc) is 3.49. The van der Waals surface area contributed by atoms with Gasteiger partial charge in [-0.05, 0) is 68.2 Å². The van der Waals surface area contributed by atoms with Gasteiger partial charge in [0.25, 0.3) is 0 Å². The predicted octanol–water partition coefficient (Wildman–Crippen LogP) is 3.94. The number of sulfonamides is 1. The summed E-state index contributed by atoms with van der Waals surface area (Å²) in [6.45, 7) is 3.19. The second kappa shape index (κ2) is 8.69. The molecule has 0 amide bonds. The summed E-state index contributed by atoms with van der Waals surface area (Å²) in [7, 11) is -3.79. The van der Waals surface area contributed by atoms with Gasteiger partial charge in [-0.1, -0.05) is 42.0 Å².